The number of aromatic nitrogens is 4. The molecular weight excluding hydrogens is 270 g/mol. The number of imidazole rings is 1. The molecule has 2 aromatic heterocycles. The SMILES string of the molecule is C[C@@]1(O)[C@H](O)[C@@H](O)O[C@H]1n1cnc2c(=O)[nH]c(N)nc21. The summed E-state index contributed by atoms with van der Waals surface area (Å²) in [5.74, 6) is -0.122. The molecule has 0 bridgehead atoms. The molecule has 0 aliphatic carbocycles. The predicted octanol–water partition coefficient (Wildman–Crippen LogP) is -2.34. The highest BCUT2D eigenvalue weighted by molar-refractivity contribution is 5.70. The first kappa shape index (κ1) is 13.0. The lowest BCUT2D eigenvalue weighted by Crippen LogP contribution is -2.43. The number of H-pyrrole nitrogens is 1. The van der Waals surface area contributed by atoms with Crippen molar-refractivity contribution in [3.63, 3.8) is 0 Å². The van der Waals surface area contributed by atoms with Crippen molar-refractivity contribution >= 4 is 17.1 Å². The number of anilines is 1. The summed E-state index contributed by atoms with van der Waals surface area (Å²) in [7, 11) is 0. The Morgan fingerprint density at radius 1 is 1.55 bits per heavy atom. The summed E-state index contributed by atoms with van der Waals surface area (Å²) in [6, 6.07) is 0. The molecule has 3 heterocycles. The summed E-state index contributed by atoms with van der Waals surface area (Å²) >= 11 is 0. The van der Waals surface area contributed by atoms with Crippen LogP contribution in [0.4, 0.5) is 5.95 Å². The Labute approximate surface area is 111 Å². The van der Waals surface area contributed by atoms with Gasteiger partial charge in [-0.25, -0.2) is 4.98 Å². The molecule has 0 radical (unpaired) electrons. The van der Waals surface area contributed by atoms with E-state index >= 15 is 0 Å². The molecule has 1 fully saturated rings. The van der Waals surface area contributed by atoms with Crippen LogP contribution in [0.3, 0.4) is 0 Å². The maximum absolute atomic E-state index is 11.7. The lowest BCUT2D eigenvalue weighted by Gasteiger charge is -2.26. The Kier molecular flexibility index (Phi) is 2.59. The van der Waals surface area contributed by atoms with Crippen molar-refractivity contribution in [2.45, 2.75) is 31.1 Å². The Balaban J connectivity index is 2.19. The van der Waals surface area contributed by atoms with E-state index in [0.717, 1.165) is 0 Å². The molecule has 0 unspecified atom stereocenters. The predicted molar refractivity (Wildman–Crippen MR) is 65.3 cm³/mol. The molecule has 0 saturated carbocycles. The Bertz CT molecular complexity index is 722. The van der Waals surface area contributed by atoms with Gasteiger partial charge in [0.05, 0.1) is 6.33 Å². The van der Waals surface area contributed by atoms with Crippen molar-refractivity contribution in [1.82, 2.24) is 19.5 Å². The largest absolute Gasteiger partial charge is 0.385 e. The first-order chi connectivity index (χ1) is 9.32. The minimum absolute atomic E-state index is 0.00878. The average molecular weight is 283 g/mol. The molecule has 3 rings (SSSR count). The number of nitrogen functional groups attached to an aromatic ring is 1. The zero-order chi connectivity index (χ0) is 14.7. The van der Waals surface area contributed by atoms with E-state index in [0.29, 0.717) is 0 Å². The van der Waals surface area contributed by atoms with Gasteiger partial charge in [0.1, 0.15) is 11.7 Å². The maximum atomic E-state index is 11.7. The van der Waals surface area contributed by atoms with Crippen LogP contribution in [0.1, 0.15) is 13.2 Å². The van der Waals surface area contributed by atoms with Crippen molar-refractivity contribution in [3.05, 3.63) is 16.7 Å². The first-order valence-corrected chi connectivity index (χ1v) is 5.78. The van der Waals surface area contributed by atoms with E-state index in [1.807, 2.05) is 0 Å². The van der Waals surface area contributed by atoms with E-state index < -0.39 is 29.8 Å². The van der Waals surface area contributed by atoms with Gasteiger partial charge in [0.15, 0.2) is 23.7 Å². The van der Waals surface area contributed by atoms with Crippen LogP contribution in [0.5, 0.6) is 0 Å². The smallest absolute Gasteiger partial charge is 0.280 e. The molecule has 0 spiro atoms. The second kappa shape index (κ2) is 3.99. The summed E-state index contributed by atoms with van der Waals surface area (Å²) in [5, 5.41) is 29.4. The van der Waals surface area contributed by atoms with Gasteiger partial charge >= 0.3 is 0 Å². The number of rotatable bonds is 1. The summed E-state index contributed by atoms with van der Waals surface area (Å²) in [6.07, 6.45) is -3.02. The molecule has 0 amide bonds. The first-order valence-electron chi connectivity index (χ1n) is 5.78. The topological polar surface area (TPSA) is 160 Å². The quantitative estimate of drug-likeness (QED) is 0.389. The zero-order valence-electron chi connectivity index (χ0n) is 10.4. The molecule has 10 heteroatoms. The zero-order valence-corrected chi connectivity index (χ0v) is 10.4. The van der Waals surface area contributed by atoms with Crippen LogP contribution in [-0.2, 0) is 4.74 Å². The lowest BCUT2D eigenvalue weighted by molar-refractivity contribution is -0.141. The molecule has 1 aliphatic rings. The number of ether oxygens (including phenoxy) is 1. The third-order valence-electron chi connectivity index (χ3n) is 3.34. The Morgan fingerprint density at radius 2 is 2.25 bits per heavy atom. The molecule has 6 N–H and O–H groups in total. The summed E-state index contributed by atoms with van der Waals surface area (Å²) in [6.45, 7) is 1.29. The summed E-state index contributed by atoms with van der Waals surface area (Å²) < 4.78 is 6.34. The van der Waals surface area contributed by atoms with Gasteiger partial charge < -0.3 is 25.8 Å². The Morgan fingerprint density at radius 3 is 2.85 bits per heavy atom. The van der Waals surface area contributed by atoms with Crippen LogP contribution in [0.25, 0.3) is 11.2 Å². The second-order valence-electron chi connectivity index (χ2n) is 4.82. The minimum Gasteiger partial charge on any atom is -0.385 e. The van der Waals surface area contributed by atoms with Crippen LogP contribution in [0.2, 0.25) is 0 Å². The molecule has 2 aromatic rings. The molecule has 20 heavy (non-hydrogen) atoms. The van der Waals surface area contributed by atoms with Gasteiger partial charge in [-0.05, 0) is 6.92 Å². The van der Waals surface area contributed by atoms with Crippen LogP contribution in [0, 0.1) is 0 Å². The number of aliphatic hydroxyl groups is 3. The van der Waals surface area contributed by atoms with Crippen molar-refractivity contribution < 1.29 is 20.1 Å². The highest BCUT2D eigenvalue weighted by atomic mass is 16.7. The van der Waals surface area contributed by atoms with Crippen molar-refractivity contribution in [3.8, 4) is 0 Å². The standard InChI is InChI=1S/C10H13N5O5/c1-10(19)4(16)7(18)20-8(10)15-2-12-3-5(15)13-9(11)14-6(3)17/h2,4,7-8,16,18-19H,1H3,(H3,11,13,14,17)/t4-,7+,8-,10-/m1/s1. The van der Waals surface area contributed by atoms with Gasteiger partial charge in [0.2, 0.25) is 5.95 Å². The molecule has 1 saturated heterocycles. The minimum atomic E-state index is -1.79. The number of fused-ring (bicyclic) bond motifs is 1. The molecule has 1 aliphatic heterocycles. The van der Waals surface area contributed by atoms with Gasteiger partial charge in [-0.1, -0.05) is 0 Å². The molecule has 108 valence electrons. The van der Waals surface area contributed by atoms with E-state index in [-0.39, 0.29) is 17.1 Å². The van der Waals surface area contributed by atoms with Crippen LogP contribution in [0.15, 0.2) is 11.1 Å². The molecule has 0 aromatic carbocycles. The highest BCUT2D eigenvalue weighted by Gasteiger charge is 2.53. The lowest BCUT2D eigenvalue weighted by atomic mass is 9.99. The van der Waals surface area contributed by atoms with E-state index in [9.17, 15) is 20.1 Å². The number of aromatic amines is 1. The maximum Gasteiger partial charge on any atom is 0.280 e. The third-order valence-corrected chi connectivity index (χ3v) is 3.34. The van der Waals surface area contributed by atoms with Crippen molar-refractivity contribution in [1.29, 1.82) is 0 Å². The Hall–Kier alpha value is -2.01. The van der Waals surface area contributed by atoms with Crippen LogP contribution < -0.4 is 11.3 Å². The molecule has 10 nitrogen and oxygen atoms in total. The van der Waals surface area contributed by atoms with Crippen LogP contribution in [-0.4, -0.2) is 52.8 Å². The number of aliphatic hydroxyl groups excluding tert-OH is 2. The van der Waals surface area contributed by atoms with Gasteiger partial charge in [-0.15, -0.1) is 0 Å². The van der Waals surface area contributed by atoms with Gasteiger partial charge in [-0.2, -0.15) is 4.98 Å². The summed E-state index contributed by atoms with van der Waals surface area (Å²) in [4.78, 5) is 21.7. The van der Waals surface area contributed by atoms with Crippen LogP contribution >= 0.6 is 0 Å². The normalized spacial score (nSPS) is 33.9. The number of nitrogens with zero attached hydrogens (tertiary/aromatic N) is 3. The fraction of sp³-hybridized carbons (Fsp3) is 0.500. The van der Waals surface area contributed by atoms with E-state index in [1.165, 1.54) is 17.8 Å². The van der Waals surface area contributed by atoms with E-state index in [4.69, 9.17) is 10.5 Å². The average Bonchev–Trinajstić information content (AvgIpc) is 2.85. The number of hydrogen-bond acceptors (Lipinski definition) is 8. The molecule has 4 atom stereocenters. The van der Waals surface area contributed by atoms with Gasteiger partial charge in [0.25, 0.3) is 5.56 Å². The molecular formula is C10H13N5O5. The van der Waals surface area contributed by atoms with E-state index in [1.54, 1.807) is 0 Å². The van der Waals surface area contributed by atoms with Gasteiger partial charge in [-0.3, -0.25) is 14.3 Å². The third kappa shape index (κ3) is 1.63. The van der Waals surface area contributed by atoms with Crippen molar-refractivity contribution in [2.24, 2.45) is 0 Å². The number of nitrogens with two attached hydrogens (primary N) is 1. The second-order valence-corrected chi connectivity index (χ2v) is 4.82. The number of nitrogens with one attached hydrogen (secondary N) is 1. The van der Waals surface area contributed by atoms with Gasteiger partial charge in [0, 0.05) is 0 Å². The monoisotopic (exact) mass is 283 g/mol. The summed E-state index contributed by atoms with van der Waals surface area (Å²) in [5.41, 5.74) is 3.23. The van der Waals surface area contributed by atoms with E-state index in [2.05, 4.69) is 15.0 Å². The number of hydrogen-bond donors (Lipinski definition) is 5. The van der Waals surface area contributed by atoms with Crippen molar-refractivity contribution in [2.75, 3.05) is 5.73 Å². The fourth-order valence-electron chi connectivity index (χ4n) is 2.24. The fourth-order valence-corrected chi connectivity index (χ4v) is 2.24. The highest BCUT2D eigenvalue weighted by Crippen LogP contribution is 2.38.